The molecule has 0 fully saturated rings. The molecule has 3 rings (SSSR count). The summed E-state index contributed by atoms with van der Waals surface area (Å²) in [5, 5.41) is 0. The molecule has 0 bridgehead atoms. The Morgan fingerprint density at radius 1 is 1.21 bits per heavy atom. The van der Waals surface area contributed by atoms with Crippen LogP contribution in [0.3, 0.4) is 0 Å². The number of fused-ring (bicyclic) bond motifs is 1. The monoisotopic (exact) mass is 326 g/mol. The van der Waals surface area contributed by atoms with Crippen molar-refractivity contribution in [1.82, 2.24) is 0 Å². The van der Waals surface area contributed by atoms with Crippen LogP contribution in [0.15, 0.2) is 36.4 Å². The Bertz CT molecular complexity index is 758. The van der Waals surface area contributed by atoms with E-state index in [0.717, 1.165) is 24.2 Å². The molecule has 1 aliphatic heterocycles. The molecule has 0 atom stereocenters. The van der Waals surface area contributed by atoms with Crippen LogP contribution >= 0.6 is 0 Å². The molecule has 0 radical (unpaired) electrons. The molecule has 126 valence electrons. The van der Waals surface area contributed by atoms with Gasteiger partial charge in [-0.25, -0.2) is 0 Å². The van der Waals surface area contributed by atoms with Gasteiger partial charge in [0.05, 0.1) is 14.2 Å². The van der Waals surface area contributed by atoms with Crippen molar-refractivity contribution in [2.75, 3.05) is 31.4 Å². The van der Waals surface area contributed by atoms with Gasteiger partial charge in [-0.15, -0.1) is 0 Å². The van der Waals surface area contributed by atoms with Gasteiger partial charge in [-0.3, -0.25) is 4.79 Å². The standard InChI is InChI=1S/C19H22N2O3/c1-23-17-12-15(20)11-14(19(17)24-2)7-8-18(22)21-10-9-13-5-3-4-6-16(13)21/h3-6,11-12H,7-10,20H2,1-2H3. The molecule has 1 heterocycles. The molecule has 2 aromatic rings. The summed E-state index contributed by atoms with van der Waals surface area (Å²) in [6, 6.07) is 11.6. The number of anilines is 2. The van der Waals surface area contributed by atoms with Gasteiger partial charge in [-0.2, -0.15) is 0 Å². The number of methoxy groups -OCH3 is 2. The Kier molecular flexibility index (Phi) is 4.60. The van der Waals surface area contributed by atoms with Crippen molar-refractivity contribution in [3.05, 3.63) is 47.5 Å². The van der Waals surface area contributed by atoms with Crippen LogP contribution in [0.2, 0.25) is 0 Å². The van der Waals surface area contributed by atoms with E-state index in [0.29, 0.717) is 30.0 Å². The second-order valence-electron chi connectivity index (χ2n) is 5.84. The van der Waals surface area contributed by atoms with Crippen LogP contribution < -0.4 is 20.1 Å². The maximum atomic E-state index is 12.6. The highest BCUT2D eigenvalue weighted by molar-refractivity contribution is 5.95. The number of aryl methyl sites for hydroxylation is 1. The third-order valence-electron chi connectivity index (χ3n) is 4.37. The summed E-state index contributed by atoms with van der Waals surface area (Å²) in [5.74, 6) is 1.34. The highest BCUT2D eigenvalue weighted by atomic mass is 16.5. The van der Waals surface area contributed by atoms with Crippen LogP contribution in [-0.2, 0) is 17.6 Å². The largest absolute Gasteiger partial charge is 0.493 e. The summed E-state index contributed by atoms with van der Waals surface area (Å²) in [4.78, 5) is 14.5. The van der Waals surface area contributed by atoms with Gasteiger partial charge in [-0.1, -0.05) is 18.2 Å². The first-order valence-electron chi connectivity index (χ1n) is 8.02. The zero-order valence-corrected chi connectivity index (χ0v) is 14.0. The second kappa shape index (κ2) is 6.83. The highest BCUT2D eigenvalue weighted by Gasteiger charge is 2.24. The third kappa shape index (κ3) is 3.02. The number of amides is 1. The molecule has 5 nitrogen and oxygen atoms in total. The van der Waals surface area contributed by atoms with Gasteiger partial charge in [0.15, 0.2) is 11.5 Å². The van der Waals surface area contributed by atoms with Crippen molar-refractivity contribution in [2.45, 2.75) is 19.3 Å². The number of carbonyl (C=O) groups is 1. The van der Waals surface area contributed by atoms with Gasteiger partial charge in [0, 0.05) is 36.0 Å². The lowest BCUT2D eigenvalue weighted by atomic mass is 10.1. The van der Waals surface area contributed by atoms with Crippen molar-refractivity contribution in [2.24, 2.45) is 0 Å². The van der Waals surface area contributed by atoms with E-state index in [1.165, 1.54) is 5.56 Å². The van der Waals surface area contributed by atoms with Gasteiger partial charge in [0.25, 0.3) is 0 Å². The molecule has 0 spiro atoms. The Labute approximate surface area is 142 Å². The van der Waals surface area contributed by atoms with Gasteiger partial charge in [-0.05, 0) is 30.5 Å². The molecule has 0 aromatic heterocycles. The van der Waals surface area contributed by atoms with Crippen LogP contribution in [0.4, 0.5) is 11.4 Å². The van der Waals surface area contributed by atoms with Crippen LogP contribution in [0.5, 0.6) is 11.5 Å². The highest BCUT2D eigenvalue weighted by Crippen LogP contribution is 2.35. The van der Waals surface area contributed by atoms with E-state index in [2.05, 4.69) is 6.07 Å². The van der Waals surface area contributed by atoms with Gasteiger partial charge < -0.3 is 20.1 Å². The molecule has 24 heavy (non-hydrogen) atoms. The number of hydrogen-bond donors (Lipinski definition) is 1. The van der Waals surface area contributed by atoms with Crippen molar-refractivity contribution >= 4 is 17.3 Å². The number of carbonyl (C=O) groups excluding carboxylic acids is 1. The second-order valence-corrected chi connectivity index (χ2v) is 5.84. The number of para-hydroxylation sites is 1. The maximum Gasteiger partial charge on any atom is 0.227 e. The topological polar surface area (TPSA) is 64.8 Å². The first-order chi connectivity index (χ1) is 11.6. The molecule has 2 aromatic carbocycles. The normalized spacial score (nSPS) is 12.8. The SMILES string of the molecule is COc1cc(N)cc(CCC(=O)N2CCc3ccccc32)c1OC. The van der Waals surface area contributed by atoms with E-state index in [1.807, 2.05) is 29.2 Å². The molecular weight excluding hydrogens is 304 g/mol. The first kappa shape index (κ1) is 16.2. The van der Waals surface area contributed by atoms with Gasteiger partial charge in [0.1, 0.15) is 0 Å². The molecule has 0 saturated carbocycles. The smallest absolute Gasteiger partial charge is 0.227 e. The summed E-state index contributed by atoms with van der Waals surface area (Å²) < 4.78 is 10.7. The minimum absolute atomic E-state index is 0.114. The number of nitrogen functional groups attached to an aromatic ring is 1. The maximum absolute atomic E-state index is 12.6. The number of nitrogens with zero attached hydrogens (tertiary/aromatic N) is 1. The predicted octanol–water partition coefficient (Wildman–Crippen LogP) is 2.81. The van der Waals surface area contributed by atoms with Crippen LogP contribution in [0, 0.1) is 0 Å². The average Bonchev–Trinajstić information content (AvgIpc) is 3.03. The summed E-state index contributed by atoms with van der Waals surface area (Å²) in [6.45, 7) is 0.746. The van der Waals surface area contributed by atoms with E-state index in [-0.39, 0.29) is 5.91 Å². The van der Waals surface area contributed by atoms with Crippen LogP contribution in [-0.4, -0.2) is 26.7 Å². The quantitative estimate of drug-likeness (QED) is 0.858. The Hall–Kier alpha value is -2.69. The van der Waals surface area contributed by atoms with Crippen molar-refractivity contribution < 1.29 is 14.3 Å². The zero-order chi connectivity index (χ0) is 17.1. The number of ether oxygens (including phenoxy) is 2. The fourth-order valence-corrected chi connectivity index (χ4v) is 3.23. The van der Waals surface area contributed by atoms with E-state index in [4.69, 9.17) is 15.2 Å². The minimum Gasteiger partial charge on any atom is -0.493 e. The first-order valence-corrected chi connectivity index (χ1v) is 8.02. The number of benzene rings is 2. The van der Waals surface area contributed by atoms with E-state index in [1.54, 1.807) is 20.3 Å². The van der Waals surface area contributed by atoms with E-state index >= 15 is 0 Å². The van der Waals surface area contributed by atoms with E-state index < -0.39 is 0 Å². The van der Waals surface area contributed by atoms with Gasteiger partial charge in [0.2, 0.25) is 5.91 Å². The molecular formula is C19H22N2O3. The minimum atomic E-state index is 0.114. The summed E-state index contributed by atoms with van der Waals surface area (Å²) in [5.41, 5.74) is 9.66. The molecule has 1 aliphatic rings. The van der Waals surface area contributed by atoms with Gasteiger partial charge >= 0.3 is 0 Å². The Balaban J connectivity index is 1.75. The predicted molar refractivity (Wildman–Crippen MR) is 94.8 cm³/mol. The summed E-state index contributed by atoms with van der Waals surface area (Å²) in [7, 11) is 3.17. The van der Waals surface area contributed by atoms with Crippen LogP contribution in [0.25, 0.3) is 0 Å². The summed E-state index contributed by atoms with van der Waals surface area (Å²) >= 11 is 0. The molecule has 5 heteroatoms. The molecule has 2 N–H and O–H groups in total. The van der Waals surface area contributed by atoms with Crippen LogP contribution in [0.1, 0.15) is 17.5 Å². The third-order valence-corrected chi connectivity index (χ3v) is 4.37. The lowest BCUT2D eigenvalue weighted by Crippen LogP contribution is -2.29. The lowest BCUT2D eigenvalue weighted by Gasteiger charge is -2.18. The number of nitrogens with two attached hydrogens (primary N) is 1. The van der Waals surface area contributed by atoms with E-state index in [9.17, 15) is 4.79 Å². The molecule has 0 aliphatic carbocycles. The molecule has 0 unspecified atom stereocenters. The fourth-order valence-electron chi connectivity index (χ4n) is 3.23. The number of rotatable bonds is 5. The lowest BCUT2D eigenvalue weighted by molar-refractivity contribution is -0.118. The molecule has 1 amide bonds. The Morgan fingerprint density at radius 2 is 2.00 bits per heavy atom. The van der Waals surface area contributed by atoms with Crippen molar-refractivity contribution in [1.29, 1.82) is 0 Å². The summed E-state index contributed by atoms with van der Waals surface area (Å²) in [6.07, 6.45) is 1.87. The number of hydrogen-bond acceptors (Lipinski definition) is 4. The van der Waals surface area contributed by atoms with Crippen molar-refractivity contribution in [3.63, 3.8) is 0 Å². The Morgan fingerprint density at radius 3 is 2.75 bits per heavy atom. The fraction of sp³-hybridized carbons (Fsp3) is 0.316. The molecule has 0 saturated heterocycles. The van der Waals surface area contributed by atoms with Crippen molar-refractivity contribution in [3.8, 4) is 11.5 Å². The average molecular weight is 326 g/mol. The zero-order valence-electron chi connectivity index (χ0n) is 14.0.